The quantitative estimate of drug-likeness (QED) is 0.835. The number of nitrogens with two attached hydrogens (primary N) is 1. The molecule has 0 atom stereocenters. The van der Waals surface area contributed by atoms with E-state index in [1.165, 1.54) is 29.2 Å². The van der Waals surface area contributed by atoms with Crippen molar-refractivity contribution in [3.63, 3.8) is 0 Å². The fraction of sp³-hybridized carbons (Fsp3) is 0.0909. The molecular weight excluding hydrogens is 256 g/mol. The van der Waals surface area contributed by atoms with Gasteiger partial charge in [-0.1, -0.05) is 11.8 Å². The fourth-order valence-electron chi connectivity index (χ4n) is 1.23. The topological polar surface area (TPSA) is 76.2 Å². The van der Waals surface area contributed by atoms with Crippen LogP contribution in [-0.4, -0.2) is 16.1 Å². The average Bonchev–Trinajstić information content (AvgIpc) is 2.67. The van der Waals surface area contributed by atoms with E-state index in [0.717, 1.165) is 14.9 Å². The second-order valence-electron chi connectivity index (χ2n) is 3.41. The minimum atomic E-state index is -0.956. The van der Waals surface area contributed by atoms with Crippen LogP contribution in [-0.2, 0) is 0 Å². The molecule has 0 aliphatic rings. The molecule has 2 rings (SSSR count). The molecule has 0 aliphatic carbocycles. The summed E-state index contributed by atoms with van der Waals surface area (Å²) in [6.07, 6.45) is 0. The highest BCUT2D eigenvalue weighted by Crippen LogP contribution is 2.34. The monoisotopic (exact) mass is 266 g/mol. The molecule has 1 aromatic heterocycles. The van der Waals surface area contributed by atoms with Crippen molar-refractivity contribution < 1.29 is 9.90 Å². The lowest BCUT2D eigenvalue weighted by atomic mass is 10.2. The molecule has 0 aliphatic heterocycles. The van der Waals surface area contributed by atoms with Gasteiger partial charge in [0, 0.05) is 21.7 Å². The molecule has 0 radical (unpaired) electrons. The highest BCUT2D eigenvalue weighted by atomic mass is 32.2. The van der Waals surface area contributed by atoms with E-state index in [2.05, 4.69) is 4.98 Å². The lowest BCUT2D eigenvalue weighted by molar-refractivity contribution is 0.0696. The highest BCUT2D eigenvalue weighted by Gasteiger charge is 2.09. The van der Waals surface area contributed by atoms with Crippen LogP contribution in [0.3, 0.4) is 0 Å². The molecule has 0 bridgehead atoms. The summed E-state index contributed by atoms with van der Waals surface area (Å²) in [6, 6.07) is 4.67. The molecule has 0 saturated carbocycles. The summed E-state index contributed by atoms with van der Waals surface area (Å²) in [5.74, 6) is -0.956. The highest BCUT2D eigenvalue weighted by molar-refractivity contribution is 8.01. The van der Waals surface area contributed by atoms with Crippen LogP contribution < -0.4 is 5.73 Å². The van der Waals surface area contributed by atoms with Crippen LogP contribution in [0.15, 0.2) is 32.8 Å². The average molecular weight is 266 g/mol. The Morgan fingerprint density at radius 1 is 1.53 bits per heavy atom. The number of thiazole rings is 1. The SMILES string of the molecule is Cc1csc(Sc2cc(C(=O)O)ccc2N)n1. The van der Waals surface area contributed by atoms with Crippen molar-refractivity contribution in [1.29, 1.82) is 0 Å². The van der Waals surface area contributed by atoms with Crippen LogP contribution in [0, 0.1) is 6.92 Å². The predicted octanol–water partition coefficient (Wildman–Crippen LogP) is 2.88. The third-order valence-electron chi connectivity index (χ3n) is 2.06. The van der Waals surface area contributed by atoms with Gasteiger partial charge < -0.3 is 10.8 Å². The summed E-state index contributed by atoms with van der Waals surface area (Å²) < 4.78 is 0.858. The lowest BCUT2D eigenvalue weighted by Gasteiger charge is -2.04. The molecule has 4 nitrogen and oxygen atoms in total. The van der Waals surface area contributed by atoms with Crippen molar-refractivity contribution in [1.82, 2.24) is 4.98 Å². The molecule has 0 fully saturated rings. The number of hydrogen-bond acceptors (Lipinski definition) is 5. The second kappa shape index (κ2) is 4.77. The van der Waals surface area contributed by atoms with E-state index >= 15 is 0 Å². The minimum absolute atomic E-state index is 0.231. The number of benzene rings is 1. The number of aryl methyl sites for hydroxylation is 1. The van der Waals surface area contributed by atoms with Gasteiger partial charge >= 0.3 is 5.97 Å². The van der Waals surface area contributed by atoms with Gasteiger partial charge in [0.25, 0.3) is 0 Å². The first-order chi connectivity index (χ1) is 8.06. The normalized spacial score (nSPS) is 10.4. The lowest BCUT2D eigenvalue weighted by Crippen LogP contribution is -1.98. The number of aromatic nitrogens is 1. The second-order valence-corrected chi connectivity index (χ2v) is 5.56. The molecule has 17 heavy (non-hydrogen) atoms. The third kappa shape index (κ3) is 2.78. The number of rotatable bonds is 3. The number of anilines is 1. The summed E-state index contributed by atoms with van der Waals surface area (Å²) in [4.78, 5) is 15.9. The summed E-state index contributed by atoms with van der Waals surface area (Å²) >= 11 is 2.90. The standard InChI is InChI=1S/C11H10N2O2S2/c1-6-5-16-11(13-6)17-9-4-7(10(14)15)2-3-8(9)12/h2-5H,12H2,1H3,(H,14,15). The summed E-state index contributed by atoms with van der Waals surface area (Å²) in [7, 11) is 0. The zero-order valence-electron chi connectivity index (χ0n) is 9.01. The van der Waals surface area contributed by atoms with Crippen molar-refractivity contribution in [2.24, 2.45) is 0 Å². The maximum atomic E-state index is 10.9. The molecule has 0 unspecified atom stereocenters. The third-order valence-corrected chi connectivity index (χ3v) is 4.19. The van der Waals surface area contributed by atoms with Crippen molar-refractivity contribution >= 4 is 34.8 Å². The smallest absolute Gasteiger partial charge is 0.335 e. The van der Waals surface area contributed by atoms with Gasteiger partial charge in [0.05, 0.1) is 5.56 Å². The van der Waals surface area contributed by atoms with E-state index in [1.54, 1.807) is 12.1 Å². The van der Waals surface area contributed by atoms with Gasteiger partial charge in [-0.15, -0.1) is 11.3 Å². The maximum absolute atomic E-state index is 10.9. The van der Waals surface area contributed by atoms with E-state index in [9.17, 15) is 4.79 Å². The molecule has 6 heteroatoms. The van der Waals surface area contributed by atoms with Crippen LogP contribution in [0.25, 0.3) is 0 Å². The first-order valence-electron chi connectivity index (χ1n) is 4.79. The van der Waals surface area contributed by atoms with Gasteiger partial charge in [-0.2, -0.15) is 0 Å². The zero-order chi connectivity index (χ0) is 12.4. The van der Waals surface area contributed by atoms with Crippen LogP contribution >= 0.6 is 23.1 Å². The van der Waals surface area contributed by atoms with Gasteiger partial charge in [0.15, 0.2) is 4.34 Å². The van der Waals surface area contributed by atoms with Crippen molar-refractivity contribution in [2.45, 2.75) is 16.2 Å². The number of nitrogens with zero attached hydrogens (tertiary/aromatic N) is 1. The van der Waals surface area contributed by atoms with Crippen molar-refractivity contribution in [3.05, 3.63) is 34.8 Å². The molecule has 88 valence electrons. The minimum Gasteiger partial charge on any atom is -0.478 e. The van der Waals surface area contributed by atoms with E-state index in [4.69, 9.17) is 10.8 Å². The van der Waals surface area contributed by atoms with Crippen LogP contribution in [0.4, 0.5) is 5.69 Å². The number of carbonyl (C=O) groups is 1. The van der Waals surface area contributed by atoms with Gasteiger partial charge in [0.1, 0.15) is 0 Å². The largest absolute Gasteiger partial charge is 0.478 e. The van der Waals surface area contributed by atoms with Crippen molar-refractivity contribution in [2.75, 3.05) is 5.73 Å². The first kappa shape index (κ1) is 11.9. The van der Waals surface area contributed by atoms with Gasteiger partial charge in [-0.05, 0) is 25.1 Å². The molecule has 1 aromatic carbocycles. The Hall–Kier alpha value is -1.53. The molecule has 0 saturated heterocycles. The Morgan fingerprint density at radius 2 is 2.29 bits per heavy atom. The Labute approximate surface area is 106 Å². The predicted molar refractivity (Wildman–Crippen MR) is 68.8 cm³/mol. The van der Waals surface area contributed by atoms with Crippen LogP contribution in [0.2, 0.25) is 0 Å². The zero-order valence-corrected chi connectivity index (χ0v) is 10.6. The van der Waals surface area contributed by atoms with Crippen molar-refractivity contribution in [3.8, 4) is 0 Å². The molecule has 3 N–H and O–H groups in total. The van der Waals surface area contributed by atoms with Crippen LogP contribution in [0.1, 0.15) is 16.1 Å². The number of nitrogen functional groups attached to an aromatic ring is 1. The van der Waals surface area contributed by atoms with Gasteiger partial charge in [0.2, 0.25) is 0 Å². The summed E-state index contributed by atoms with van der Waals surface area (Å²) in [5, 5.41) is 10.9. The van der Waals surface area contributed by atoms with E-state index < -0.39 is 5.97 Å². The Balaban J connectivity index is 2.31. The summed E-state index contributed by atoms with van der Waals surface area (Å²) in [5.41, 5.74) is 7.55. The first-order valence-corrected chi connectivity index (χ1v) is 6.48. The fourth-order valence-corrected chi connectivity index (χ4v) is 3.11. The number of hydrogen-bond donors (Lipinski definition) is 2. The molecule has 1 heterocycles. The molecule has 0 spiro atoms. The van der Waals surface area contributed by atoms with Gasteiger partial charge in [-0.25, -0.2) is 9.78 Å². The molecular formula is C11H10N2O2S2. The molecule has 2 aromatic rings. The Bertz CT molecular complexity index is 566. The van der Waals surface area contributed by atoms with Crippen LogP contribution in [0.5, 0.6) is 0 Å². The molecule has 0 amide bonds. The Morgan fingerprint density at radius 3 is 2.88 bits per heavy atom. The van der Waals surface area contributed by atoms with Gasteiger partial charge in [-0.3, -0.25) is 0 Å². The summed E-state index contributed by atoms with van der Waals surface area (Å²) in [6.45, 7) is 1.91. The number of carboxylic acids is 1. The number of aromatic carboxylic acids is 1. The Kier molecular flexibility index (Phi) is 3.35. The van der Waals surface area contributed by atoms with E-state index in [-0.39, 0.29) is 5.56 Å². The maximum Gasteiger partial charge on any atom is 0.335 e. The number of carboxylic acid groups (broad SMARTS) is 1. The van der Waals surface area contributed by atoms with E-state index in [0.29, 0.717) is 5.69 Å². The van der Waals surface area contributed by atoms with E-state index in [1.807, 2.05) is 12.3 Å².